The Hall–Kier alpha value is -1.04. The fraction of sp³-hybridized carbons (Fsp3) is 0.833. The van der Waals surface area contributed by atoms with Gasteiger partial charge in [0.1, 0.15) is 0 Å². The first kappa shape index (κ1) is 24.2. The fourth-order valence-corrected chi connectivity index (χ4v) is 4.84. The SMILES string of the molecule is CC(C)N[C@]1(C)CCCCCCC=CCN2CC[C@@](C(=O)C(C)C)(C2)NCC1=O. The molecule has 5 heteroatoms. The second kappa shape index (κ2) is 10.8. The van der Waals surface area contributed by atoms with Gasteiger partial charge in [0.05, 0.1) is 17.6 Å². The van der Waals surface area contributed by atoms with E-state index in [0.717, 1.165) is 45.2 Å². The second-order valence-corrected chi connectivity index (χ2v) is 9.92. The van der Waals surface area contributed by atoms with Gasteiger partial charge in [-0.05, 0) is 46.5 Å². The third-order valence-corrected chi connectivity index (χ3v) is 6.48. The highest BCUT2D eigenvalue weighted by molar-refractivity contribution is 5.93. The van der Waals surface area contributed by atoms with E-state index in [0.29, 0.717) is 6.54 Å². The smallest absolute Gasteiger partial charge is 0.166 e. The summed E-state index contributed by atoms with van der Waals surface area (Å²) in [6.45, 7) is 12.9. The molecule has 2 aliphatic rings. The van der Waals surface area contributed by atoms with E-state index >= 15 is 0 Å². The highest BCUT2D eigenvalue weighted by atomic mass is 16.1. The molecule has 166 valence electrons. The number of hydrogen-bond acceptors (Lipinski definition) is 5. The van der Waals surface area contributed by atoms with Crippen LogP contribution in [0.4, 0.5) is 0 Å². The Morgan fingerprint density at radius 3 is 2.52 bits per heavy atom. The number of fused-ring (bicyclic) bond motifs is 2. The summed E-state index contributed by atoms with van der Waals surface area (Å²) >= 11 is 0. The largest absolute Gasteiger partial charge is 0.303 e. The minimum Gasteiger partial charge on any atom is -0.303 e. The highest BCUT2D eigenvalue weighted by Crippen LogP contribution is 2.26. The summed E-state index contributed by atoms with van der Waals surface area (Å²) in [7, 11) is 0. The number of allylic oxidation sites excluding steroid dienone is 1. The van der Waals surface area contributed by atoms with Crippen molar-refractivity contribution in [2.45, 2.75) is 96.7 Å². The first-order valence-electron chi connectivity index (χ1n) is 11.7. The van der Waals surface area contributed by atoms with Gasteiger partial charge in [-0.1, -0.05) is 45.3 Å². The van der Waals surface area contributed by atoms with E-state index in [-0.39, 0.29) is 30.1 Å². The number of nitrogens with zero attached hydrogens (tertiary/aromatic N) is 1. The van der Waals surface area contributed by atoms with Gasteiger partial charge in [-0.15, -0.1) is 0 Å². The molecule has 0 aromatic carbocycles. The van der Waals surface area contributed by atoms with E-state index in [2.05, 4.69) is 41.5 Å². The zero-order chi connectivity index (χ0) is 21.5. The number of ketones is 2. The molecule has 0 aromatic rings. The molecule has 2 rings (SSSR count). The van der Waals surface area contributed by atoms with Crippen LogP contribution in [0.15, 0.2) is 12.2 Å². The van der Waals surface area contributed by atoms with Crippen LogP contribution in [-0.2, 0) is 9.59 Å². The van der Waals surface area contributed by atoms with Gasteiger partial charge in [0.25, 0.3) is 0 Å². The van der Waals surface area contributed by atoms with Crippen molar-refractivity contribution in [3.05, 3.63) is 12.2 Å². The van der Waals surface area contributed by atoms with Gasteiger partial charge in [0, 0.05) is 31.6 Å². The Bertz CT molecular complexity index is 587. The summed E-state index contributed by atoms with van der Waals surface area (Å²) in [6, 6.07) is 0.243. The van der Waals surface area contributed by atoms with Gasteiger partial charge >= 0.3 is 0 Å². The van der Waals surface area contributed by atoms with Gasteiger partial charge in [-0.3, -0.25) is 19.8 Å². The molecule has 0 aromatic heterocycles. The molecule has 1 saturated heterocycles. The molecule has 2 N–H and O–H groups in total. The van der Waals surface area contributed by atoms with Gasteiger partial charge in [-0.2, -0.15) is 0 Å². The van der Waals surface area contributed by atoms with E-state index in [1.807, 2.05) is 20.8 Å². The van der Waals surface area contributed by atoms with Crippen LogP contribution in [0.1, 0.15) is 79.6 Å². The summed E-state index contributed by atoms with van der Waals surface area (Å²) < 4.78 is 0. The molecule has 5 nitrogen and oxygen atoms in total. The Kier molecular flexibility index (Phi) is 9.05. The van der Waals surface area contributed by atoms with E-state index in [9.17, 15) is 9.59 Å². The average Bonchev–Trinajstić information content (AvgIpc) is 3.07. The quantitative estimate of drug-likeness (QED) is 0.701. The zero-order valence-electron chi connectivity index (χ0n) is 19.4. The van der Waals surface area contributed by atoms with Crippen LogP contribution in [0.25, 0.3) is 0 Å². The topological polar surface area (TPSA) is 61.4 Å². The molecule has 2 aliphatic heterocycles. The van der Waals surface area contributed by atoms with Crippen LogP contribution in [0, 0.1) is 5.92 Å². The molecular formula is C24H43N3O2. The molecule has 1 unspecified atom stereocenters. The van der Waals surface area contributed by atoms with Crippen LogP contribution in [0.5, 0.6) is 0 Å². The molecule has 0 aliphatic carbocycles. The summed E-state index contributed by atoms with van der Waals surface area (Å²) in [6.07, 6.45) is 11.9. The number of nitrogens with one attached hydrogen (secondary N) is 2. The van der Waals surface area contributed by atoms with Crippen LogP contribution in [0.3, 0.4) is 0 Å². The normalized spacial score (nSPS) is 32.8. The van der Waals surface area contributed by atoms with Crippen LogP contribution in [-0.4, -0.2) is 59.8 Å². The van der Waals surface area contributed by atoms with Crippen molar-refractivity contribution in [3.63, 3.8) is 0 Å². The molecule has 0 spiro atoms. The van der Waals surface area contributed by atoms with E-state index in [4.69, 9.17) is 0 Å². The lowest BCUT2D eigenvalue weighted by atomic mass is 9.84. The van der Waals surface area contributed by atoms with Gasteiger partial charge in [-0.25, -0.2) is 0 Å². The van der Waals surface area contributed by atoms with Crippen LogP contribution < -0.4 is 10.6 Å². The predicted octanol–water partition coefficient (Wildman–Crippen LogP) is 3.48. The maximum atomic E-state index is 13.3. The second-order valence-electron chi connectivity index (χ2n) is 9.92. The molecule has 1 fully saturated rings. The molecule has 0 saturated carbocycles. The Morgan fingerprint density at radius 1 is 1.10 bits per heavy atom. The van der Waals surface area contributed by atoms with Crippen molar-refractivity contribution in [3.8, 4) is 0 Å². The minimum absolute atomic E-state index is 0.0427. The van der Waals surface area contributed by atoms with E-state index < -0.39 is 11.1 Å². The number of carbonyl (C=O) groups excluding carboxylic acids is 2. The maximum Gasteiger partial charge on any atom is 0.166 e. The van der Waals surface area contributed by atoms with Gasteiger partial charge < -0.3 is 5.32 Å². The summed E-state index contributed by atoms with van der Waals surface area (Å²) in [4.78, 5) is 28.8. The standard InChI is InChI=1S/C24H43N3O2/c1-19(2)22(29)24-14-16-27(18-24)15-12-10-8-6-7-9-11-13-23(5,26-20(3)4)21(28)17-25-24/h10,12,19-20,25-26H,6-9,11,13-18H2,1-5H3/t23-,24+/m1/s1. The minimum atomic E-state index is -0.604. The molecule has 3 atom stereocenters. The van der Waals surface area contributed by atoms with Crippen molar-refractivity contribution in [1.82, 2.24) is 15.5 Å². The van der Waals surface area contributed by atoms with E-state index in [1.165, 1.54) is 12.8 Å². The monoisotopic (exact) mass is 405 g/mol. The van der Waals surface area contributed by atoms with Gasteiger partial charge in [0.2, 0.25) is 0 Å². The number of Topliss-reactive ketones (excluding diaryl/α,β-unsaturated/α-hetero) is 2. The molecule has 0 radical (unpaired) electrons. The maximum absolute atomic E-state index is 13.3. The molecule has 0 amide bonds. The molecule has 2 heterocycles. The molecular weight excluding hydrogens is 362 g/mol. The lowest BCUT2D eigenvalue weighted by Crippen LogP contribution is -2.61. The number of rotatable bonds is 4. The Labute approximate surface area is 178 Å². The Balaban J connectivity index is 2.22. The lowest BCUT2D eigenvalue weighted by Gasteiger charge is -2.35. The summed E-state index contributed by atoms with van der Waals surface area (Å²) in [5.41, 5.74) is -1.15. The van der Waals surface area contributed by atoms with Crippen molar-refractivity contribution >= 4 is 11.6 Å². The highest BCUT2D eigenvalue weighted by Gasteiger charge is 2.45. The number of hydrogen-bond donors (Lipinski definition) is 2. The molecule has 2 bridgehead atoms. The first-order chi connectivity index (χ1) is 13.7. The third-order valence-electron chi connectivity index (χ3n) is 6.48. The van der Waals surface area contributed by atoms with Crippen LogP contribution in [0.2, 0.25) is 0 Å². The lowest BCUT2D eigenvalue weighted by molar-refractivity contribution is -0.129. The predicted molar refractivity (Wildman–Crippen MR) is 120 cm³/mol. The average molecular weight is 406 g/mol. The van der Waals surface area contributed by atoms with Crippen molar-refractivity contribution in [2.75, 3.05) is 26.2 Å². The first-order valence-corrected chi connectivity index (χ1v) is 11.7. The van der Waals surface area contributed by atoms with Crippen molar-refractivity contribution in [1.29, 1.82) is 0 Å². The fourth-order valence-electron chi connectivity index (χ4n) is 4.84. The molecule has 29 heavy (non-hydrogen) atoms. The van der Waals surface area contributed by atoms with Gasteiger partial charge in [0.15, 0.2) is 11.6 Å². The van der Waals surface area contributed by atoms with Crippen molar-refractivity contribution < 1.29 is 9.59 Å². The van der Waals surface area contributed by atoms with Crippen molar-refractivity contribution in [2.24, 2.45) is 5.92 Å². The Morgan fingerprint density at radius 2 is 1.83 bits per heavy atom. The summed E-state index contributed by atoms with van der Waals surface area (Å²) in [5, 5.41) is 6.98. The van der Waals surface area contributed by atoms with Crippen LogP contribution >= 0.6 is 0 Å². The van der Waals surface area contributed by atoms with E-state index in [1.54, 1.807) is 0 Å². The summed E-state index contributed by atoms with van der Waals surface area (Å²) in [5.74, 6) is 0.364. The third kappa shape index (κ3) is 6.73. The zero-order valence-corrected chi connectivity index (χ0v) is 19.4. The number of carbonyl (C=O) groups is 2.